The first-order valence-corrected chi connectivity index (χ1v) is 7.68. The van der Waals surface area contributed by atoms with E-state index in [2.05, 4.69) is 66.4 Å². The first-order chi connectivity index (χ1) is 9.79. The van der Waals surface area contributed by atoms with Gasteiger partial charge in [-0.1, -0.05) is 54.6 Å². The molecule has 1 saturated heterocycles. The SMILES string of the molecule is C[C@]12CCCN1C[C@@H](c1ccccc1)c1ccccc12. The molecule has 0 unspecified atom stereocenters. The number of benzene rings is 2. The maximum atomic E-state index is 2.70. The highest BCUT2D eigenvalue weighted by molar-refractivity contribution is 5.44. The molecule has 0 bridgehead atoms. The van der Waals surface area contributed by atoms with Crippen LogP contribution < -0.4 is 0 Å². The highest BCUT2D eigenvalue weighted by Gasteiger charge is 2.44. The van der Waals surface area contributed by atoms with Crippen molar-refractivity contribution in [1.82, 2.24) is 4.90 Å². The van der Waals surface area contributed by atoms with Gasteiger partial charge in [-0.05, 0) is 43.0 Å². The van der Waals surface area contributed by atoms with Crippen LogP contribution in [-0.2, 0) is 5.54 Å². The Morgan fingerprint density at radius 1 is 1.00 bits per heavy atom. The van der Waals surface area contributed by atoms with Gasteiger partial charge < -0.3 is 0 Å². The van der Waals surface area contributed by atoms with Gasteiger partial charge in [0, 0.05) is 18.0 Å². The van der Waals surface area contributed by atoms with Crippen molar-refractivity contribution in [1.29, 1.82) is 0 Å². The van der Waals surface area contributed by atoms with Gasteiger partial charge in [-0.2, -0.15) is 0 Å². The monoisotopic (exact) mass is 263 g/mol. The van der Waals surface area contributed by atoms with Crippen molar-refractivity contribution in [3.05, 3.63) is 71.3 Å². The average molecular weight is 263 g/mol. The second kappa shape index (κ2) is 4.46. The predicted octanol–water partition coefficient (Wildman–Crippen LogP) is 4.14. The van der Waals surface area contributed by atoms with Gasteiger partial charge in [0.05, 0.1) is 0 Å². The Morgan fingerprint density at radius 2 is 1.75 bits per heavy atom. The molecular weight excluding hydrogens is 242 g/mol. The molecule has 0 aliphatic carbocycles. The smallest absolute Gasteiger partial charge is 0.0436 e. The molecule has 2 aliphatic heterocycles. The van der Waals surface area contributed by atoms with Crippen LogP contribution in [0.15, 0.2) is 54.6 Å². The van der Waals surface area contributed by atoms with Crippen LogP contribution in [0.2, 0.25) is 0 Å². The van der Waals surface area contributed by atoms with Crippen LogP contribution in [0, 0.1) is 0 Å². The Bertz CT molecular complexity index is 619. The Morgan fingerprint density at radius 3 is 2.60 bits per heavy atom. The molecule has 1 nitrogen and oxygen atoms in total. The van der Waals surface area contributed by atoms with E-state index in [0.717, 1.165) is 6.54 Å². The van der Waals surface area contributed by atoms with Crippen LogP contribution in [0.5, 0.6) is 0 Å². The van der Waals surface area contributed by atoms with Crippen molar-refractivity contribution in [3.8, 4) is 0 Å². The molecule has 0 N–H and O–H groups in total. The van der Waals surface area contributed by atoms with E-state index in [-0.39, 0.29) is 5.54 Å². The van der Waals surface area contributed by atoms with E-state index in [1.807, 2.05) is 0 Å². The zero-order chi connectivity index (χ0) is 13.6. The normalized spacial score (nSPS) is 28.9. The van der Waals surface area contributed by atoms with E-state index in [1.54, 1.807) is 11.1 Å². The van der Waals surface area contributed by atoms with E-state index in [4.69, 9.17) is 0 Å². The van der Waals surface area contributed by atoms with E-state index in [9.17, 15) is 0 Å². The Balaban J connectivity index is 1.87. The van der Waals surface area contributed by atoms with Crippen LogP contribution >= 0.6 is 0 Å². The fourth-order valence-electron chi connectivity index (χ4n) is 4.20. The number of hydrogen-bond donors (Lipinski definition) is 0. The molecule has 2 aromatic carbocycles. The summed E-state index contributed by atoms with van der Waals surface area (Å²) in [6, 6.07) is 20.1. The fraction of sp³-hybridized carbons (Fsp3) is 0.368. The predicted molar refractivity (Wildman–Crippen MR) is 82.9 cm³/mol. The van der Waals surface area contributed by atoms with Crippen molar-refractivity contribution >= 4 is 0 Å². The van der Waals surface area contributed by atoms with Crippen LogP contribution in [-0.4, -0.2) is 18.0 Å². The van der Waals surface area contributed by atoms with Gasteiger partial charge in [0.15, 0.2) is 0 Å². The third-order valence-corrected chi connectivity index (χ3v) is 5.31. The lowest BCUT2D eigenvalue weighted by Gasteiger charge is -2.45. The maximum absolute atomic E-state index is 2.70. The fourth-order valence-corrected chi connectivity index (χ4v) is 4.20. The summed E-state index contributed by atoms with van der Waals surface area (Å²) >= 11 is 0. The summed E-state index contributed by atoms with van der Waals surface area (Å²) in [6.07, 6.45) is 2.62. The molecule has 4 rings (SSSR count). The van der Waals surface area contributed by atoms with Gasteiger partial charge in [-0.25, -0.2) is 0 Å². The minimum atomic E-state index is 0.266. The average Bonchev–Trinajstić information content (AvgIpc) is 2.89. The molecular formula is C19H21N. The molecule has 0 saturated carbocycles. The van der Waals surface area contributed by atoms with Gasteiger partial charge in [-0.15, -0.1) is 0 Å². The standard InChI is InChI=1S/C19H21N/c1-19-12-7-13-20(19)14-17(15-8-3-2-4-9-15)16-10-5-6-11-18(16)19/h2-6,8-11,17H,7,12-14H2,1H3/t17-,19+/m0/s1. The summed E-state index contributed by atoms with van der Waals surface area (Å²) in [5, 5.41) is 0. The van der Waals surface area contributed by atoms with E-state index >= 15 is 0 Å². The van der Waals surface area contributed by atoms with Crippen LogP contribution in [0.25, 0.3) is 0 Å². The molecule has 1 fully saturated rings. The van der Waals surface area contributed by atoms with Crippen molar-refractivity contribution in [3.63, 3.8) is 0 Å². The van der Waals surface area contributed by atoms with Crippen LogP contribution in [0.4, 0.5) is 0 Å². The number of nitrogens with zero attached hydrogens (tertiary/aromatic N) is 1. The van der Waals surface area contributed by atoms with Crippen molar-refractivity contribution in [2.24, 2.45) is 0 Å². The number of hydrogen-bond acceptors (Lipinski definition) is 1. The van der Waals surface area contributed by atoms with E-state index in [0.29, 0.717) is 5.92 Å². The van der Waals surface area contributed by atoms with Gasteiger partial charge >= 0.3 is 0 Å². The van der Waals surface area contributed by atoms with Gasteiger partial charge in [0.1, 0.15) is 0 Å². The third-order valence-electron chi connectivity index (χ3n) is 5.31. The Labute approximate surface area is 121 Å². The van der Waals surface area contributed by atoms with Gasteiger partial charge in [-0.3, -0.25) is 4.90 Å². The van der Waals surface area contributed by atoms with E-state index in [1.165, 1.54) is 24.9 Å². The van der Waals surface area contributed by atoms with Crippen LogP contribution in [0.1, 0.15) is 42.4 Å². The second-order valence-electron chi connectivity index (χ2n) is 6.37. The highest BCUT2D eigenvalue weighted by Crippen LogP contribution is 2.47. The molecule has 2 aromatic rings. The summed E-state index contributed by atoms with van der Waals surface area (Å²) in [5.74, 6) is 0.526. The highest BCUT2D eigenvalue weighted by atomic mass is 15.2. The molecule has 1 heteroatoms. The lowest BCUT2D eigenvalue weighted by atomic mass is 9.75. The summed E-state index contributed by atoms with van der Waals surface area (Å²) in [7, 11) is 0. The summed E-state index contributed by atoms with van der Waals surface area (Å²) < 4.78 is 0. The zero-order valence-corrected chi connectivity index (χ0v) is 12.0. The number of rotatable bonds is 1. The van der Waals surface area contributed by atoms with Crippen molar-refractivity contribution in [2.75, 3.05) is 13.1 Å². The molecule has 2 heterocycles. The summed E-state index contributed by atoms with van der Waals surface area (Å²) in [5.41, 5.74) is 4.81. The minimum absolute atomic E-state index is 0.266. The number of fused-ring (bicyclic) bond motifs is 3. The summed E-state index contributed by atoms with van der Waals surface area (Å²) in [6.45, 7) is 4.84. The first kappa shape index (κ1) is 12.2. The lowest BCUT2D eigenvalue weighted by Crippen LogP contribution is -2.45. The van der Waals surface area contributed by atoms with Gasteiger partial charge in [0.25, 0.3) is 0 Å². The molecule has 0 spiro atoms. The topological polar surface area (TPSA) is 3.24 Å². The Kier molecular flexibility index (Phi) is 2.71. The van der Waals surface area contributed by atoms with Crippen molar-refractivity contribution in [2.45, 2.75) is 31.2 Å². The molecule has 0 aromatic heterocycles. The summed E-state index contributed by atoms with van der Waals surface area (Å²) in [4.78, 5) is 2.70. The molecule has 0 amide bonds. The van der Waals surface area contributed by atoms with Crippen molar-refractivity contribution < 1.29 is 0 Å². The molecule has 2 aliphatic rings. The lowest BCUT2D eigenvalue weighted by molar-refractivity contribution is 0.134. The molecule has 2 atom stereocenters. The maximum Gasteiger partial charge on any atom is 0.0436 e. The van der Waals surface area contributed by atoms with Crippen LogP contribution in [0.3, 0.4) is 0 Å². The molecule has 0 radical (unpaired) electrons. The quantitative estimate of drug-likeness (QED) is 0.747. The molecule has 102 valence electrons. The zero-order valence-electron chi connectivity index (χ0n) is 12.0. The molecule has 20 heavy (non-hydrogen) atoms. The van der Waals surface area contributed by atoms with Gasteiger partial charge in [0.2, 0.25) is 0 Å². The minimum Gasteiger partial charge on any atom is -0.293 e. The third kappa shape index (κ3) is 1.66. The Hall–Kier alpha value is -1.60. The first-order valence-electron chi connectivity index (χ1n) is 7.68. The second-order valence-corrected chi connectivity index (χ2v) is 6.37. The van der Waals surface area contributed by atoms with E-state index < -0.39 is 0 Å². The largest absolute Gasteiger partial charge is 0.293 e.